The van der Waals surface area contributed by atoms with Crippen LogP contribution in [0.5, 0.6) is 0 Å². The average molecular weight is 257 g/mol. The summed E-state index contributed by atoms with van der Waals surface area (Å²) in [6, 6.07) is 1.70. The highest BCUT2D eigenvalue weighted by atomic mass is 79.9. The molecule has 1 fully saturated rings. The number of anilines is 2. The van der Waals surface area contributed by atoms with Crippen LogP contribution in [0.2, 0.25) is 0 Å². The highest BCUT2D eigenvalue weighted by Crippen LogP contribution is 2.30. The SMILES string of the molecule is CN(CC1CC1)c1nc(N)cc(Br)n1. The molecule has 1 heterocycles. The van der Waals surface area contributed by atoms with Crippen LogP contribution < -0.4 is 10.6 Å². The van der Waals surface area contributed by atoms with Gasteiger partial charge in [0, 0.05) is 19.7 Å². The monoisotopic (exact) mass is 256 g/mol. The van der Waals surface area contributed by atoms with Gasteiger partial charge in [0.2, 0.25) is 5.95 Å². The number of nitrogens with zero attached hydrogens (tertiary/aromatic N) is 3. The Morgan fingerprint density at radius 2 is 2.29 bits per heavy atom. The third-order valence-corrected chi connectivity index (χ3v) is 2.68. The molecule has 14 heavy (non-hydrogen) atoms. The summed E-state index contributed by atoms with van der Waals surface area (Å²) in [6.07, 6.45) is 2.65. The van der Waals surface area contributed by atoms with Crippen LogP contribution in [0.15, 0.2) is 10.7 Å². The molecular formula is C9H13BrN4. The summed E-state index contributed by atoms with van der Waals surface area (Å²) in [4.78, 5) is 10.5. The summed E-state index contributed by atoms with van der Waals surface area (Å²) in [7, 11) is 2.00. The number of hydrogen-bond acceptors (Lipinski definition) is 4. The van der Waals surface area contributed by atoms with Gasteiger partial charge in [-0.25, -0.2) is 4.98 Å². The molecule has 1 aliphatic carbocycles. The van der Waals surface area contributed by atoms with Crippen LogP contribution in [0.4, 0.5) is 11.8 Å². The largest absolute Gasteiger partial charge is 0.383 e. The Morgan fingerprint density at radius 1 is 1.57 bits per heavy atom. The van der Waals surface area contributed by atoms with Crippen LogP contribution in [-0.2, 0) is 0 Å². The van der Waals surface area contributed by atoms with E-state index in [1.54, 1.807) is 6.07 Å². The molecule has 0 aliphatic heterocycles. The van der Waals surface area contributed by atoms with E-state index < -0.39 is 0 Å². The van der Waals surface area contributed by atoms with E-state index in [0.717, 1.165) is 17.1 Å². The van der Waals surface area contributed by atoms with E-state index in [0.29, 0.717) is 11.8 Å². The smallest absolute Gasteiger partial charge is 0.228 e. The number of rotatable bonds is 3. The van der Waals surface area contributed by atoms with Gasteiger partial charge in [-0.3, -0.25) is 0 Å². The van der Waals surface area contributed by atoms with E-state index >= 15 is 0 Å². The molecule has 4 nitrogen and oxygen atoms in total. The molecule has 5 heteroatoms. The second-order valence-electron chi connectivity index (χ2n) is 3.74. The summed E-state index contributed by atoms with van der Waals surface area (Å²) < 4.78 is 0.739. The molecule has 1 aromatic rings. The van der Waals surface area contributed by atoms with E-state index in [2.05, 4.69) is 30.8 Å². The summed E-state index contributed by atoms with van der Waals surface area (Å²) in [5, 5.41) is 0. The van der Waals surface area contributed by atoms with Gasteiger partial charge in [-0.2, -0.15) is 4.98 Å². The molecule has 2 rings (SSSR count). The van der Waals surface area contributed by atoms with Crippen molar-refractivity contribution < 1.29 is 0 Å². The first-order valence-corrected chi connectivity index (χ1v) is 5.45. The molecule has 0 atom stereocenters. The fraction of sp³-hybridized carbons (Fsp3) is 0.556. The Kier molecular flexibility index (Phi) is 2.58. The fourth-order valence-corrected chi connectivity index (χ4v) is 1.76. The molecule has 0 radical (unpaired) electrons. The van der Waals surface area contributed by atoms with Gasteiger partial charge in [-0.1, -0.05) is 0 Å². The fourth-order valence-electron chi connectivity index (χ4n) is 1.36. The second-order valence-corrected chi connectivity index (χ2v) is 4.55. The number of nitrogen functional groups attached to an aromatic ring is 1. The molecule has 0 spiro atoms. The van der Waals surface area contributed by atoms with Gasteiger partial charge in [-0.15, -0.1) is 0 Å². The van der Waals surface area contributed by atoms with Gasteiger partial charge >= 0.3 is 0 Å². The molecule has 1 saturated carbocycles. The Balaban J connectivity index is 2.12. The zero-order chi connectivity index (χ0) is 10.1. The number of nitrogens with two attached hydrogens (primary N) is 1. The topological polar surface area (TPSA) is 55.0 Å². The van der Waals surface area contributed by atoms with Crippen LogP contribution >= 0.6 is 15.9 Å². The predicted molar refractivity (Wildman–Crippen MR) is 60.1 cm³/mol. The maximum atomic E-state index is 5.64. The first kappa shape index (κ1) is 9.71. The summed E-state index contributed by atoms with van der Waals surface area (Å²) in [5.74, 6) is 2.03. The minimum atomic E-state index is 0.504. The molecule has 76 valence electrons. The lowest BCUT2D eigenvalue weighted by Gasteiger charge is -2.16. The third-order valence-electron chi connectivity index (χ3n) is 2.27. The average Bonchev–Trinajstić information content (AvgIpc) is 2.86. The van der Waals surface area contributed by atoms with Crippen molar-refractivity contribution in [2.45, 2.75) is 12.8 Å². The lowest BCUT2D eigenvalue weighted by Crippen LogP contribution is -2.22. The van der Waals surface area contributed by atoms with E-state index in [1.807, 2.05) is 7.05 Å². The van der Waals surface area contributed by atoms with Crippen LogP contribution in [0.1, 0.15) is 12.8 Å². The first-order valence-electron chi connectivity index (χ1n) is 4.66. The number of aromatic nitrogens is 2. The van der Waals surface area contributed by atoms with Crippen LogP contribution in [-0.4, -0.2) is 23.6 Å². The van der Waals surface area contributed by atoms with Crippen molar-refractivity contribution in [3.05, 3.63) is 10.7 Å². The van der Waals surface area contributed by atoms with Gasteiger partial charge < -0.3 is 10.6 Å². The molecule has 1 aliphatic rings. The highest BCUT2D eigenvalue weighted by Gasteiger charge is 2.23. The summed E-state index contributed by atoms with van der Waals surface area (Å²) in [5.41, 5.74) is 5.64. The third kappa shape index (κ3) is 2.35. The van der Waals surface area contributed by atoms with Gasteiger partial charge in [0.15, 0.2) is 0 Å². The minimum absolute atomic E-state index is 0.504. The zero-order valence-corrected chi connectivity index (χ0v) is 9.66. The van der Waals surface area contributed by atoms with E-state index in [1.165, 1.54) is 12.8 Å². The molecule has 1 aromatic heterocycles. The normalized spacial score (nSPS) is 15.6. The van der Waals surface area contributed by atoms with Gasteiger partial charge in [0.25, 0.3) is 0 Å². The number of hydrogen-bond donors (Lipinski definition) is 1. The second kappa shape index (κ2) is 3.73. The van der Waals surface area contributed by atoms with Crippen LogP contribution in [0, 0.1) is 5.92 Å². The highest BCUT2D eigenvalue weighted by molar-refractivity contribution is 9.10. The van der Waals surface area contributed by atoms with Crippen LogP contribution in [0.3, 0.4) is 0 Å². The van der Waals surface area contributed by atoms with Gasteiger partial charge in [-0.05, 0) is 34.7 Å². The molecule has 0 aromatic carbocycles. The molecular weight excluding hydrogens is 244 g/mol. The molecule has 0 saturated heterocycles. The quantitative estimate of drug-likeness (QED) is 0.837. The maximum absolute atomic E-state index is 5.64. The zero-order valence-electron chi connectivity index (χ0n) is 8.07. The lowest BCUT2D eigenvalue weighted by atomic mass is 10.4. The van der Waals surface area contributed by atoms with E-state index in [9.17, 15) is 0 Å². The van der Waals surface area contributed by atoms with Crippen molar-refractivity contribution in [1.29, 1.82) is 0 Å². The van der Waals surface area contributed by atoms with Crippen molar-refractivity contribution in [3.8, 4) is 0 Å². The standard InChI is InChI=1S/C9H13BrN4/c1-14(5-6-2-3-6)9-12-7(10)4-8(11)13-9/h4,6H,2-3,5H2,1H3,(H2,11,12,13). The predicted octanol–water partition coefficient (Wildman–Crippen LogP) is 1.67. The molecule has 0 bridgehead atoms. The van der Waals surface area contributed by atoms with Crippen molar-refractivity contribution in [1.82, 2.24) is 9.97 Å². The molecule has 0 unspecified atom stereocenters. The van der Waals surface area contributed by atoms with Gasteiger partial charge in [0.1, 0.15) is 10.4 Å². The van der Waals surface area contributed by atoms with Crippen molar-refractivity contribution in [3.63, 3.8) is 0 Å². The van der Waals surface area contributed by atoms with Crippen LogP contribution in [0.25, 0.3) is 0 Å². The van der Waals surface area contributed by atoms with E-state index in [-0.39, 0.29) is 0 Å². The lowest BCUT2D eigenvalue weighted by molar-refractivity contribution is 0.763. The van der Waals surface area contributed by atoms with Crippen molar-refractivity contribution in [2.24, 2.45) is 5.92 Å². The summed E-state index contributed by atoms with van der Waals surface area (Å²) >= 11 is 3.31. The van der Waals surface area contributed by atoms with Crippen molar-refractivity contribution >= 4 is 27.7 Å². The molecule has 2 N–H and O–H groups in total. The van der Waals surface area contributed by atoms with E-state index in [4.69, 9.17) is 5.73 Å². The molecule has 0 amide bonds. The van der Waals surface area contributed by atoms with Gasteiger partial charge in [0.05, 0.1) is 0 Å². The Labute approximate surface area is 91.7 Å². The Hall–Kier alpha value is -0.840. The van der Waals surface area contributed by atoms with Crippen molar-refractivity contribution in [2.75, 3.05) is 24.2 Å². The number of halogens is 1. The summed E-state index contributed by atoms with van der Waals surface area (Å²) in [6.45, 7) is 1.02. The minimum Gasteiger partial charge on any atom is -0.383 e. The Bertz CT molecular complexity index is 317. The first-order chi connectivity index (χ1) is 6.65. The maximum Gasteiger partial charge on any atom is 0.228 e. The Morgan fingerprint density at radius 3 is 2.86 bits per heavy atom.